The molecule has 1 aliphatic heterocycles. The molecule has 30 heavy (non-hydrogen) atoms. The Hall–Kier alpha value is -2.45. The van der Waals surface area contributed by atoms with Crippen LogP contribution in [-0.2, 0) is 16.0 Å². The summed E-state index contributed by atoms with van der Waals surface area (Å²) in [5.74, 6) is -0.513. The first-order chi connectivity index (χ1) is 14.3. The molecule has 160 valence electrons. The van der Waals surface area contributed by atoms with Crippen LogP contribution in [0.2, 0.25) is 5.02 Å². The van der Waals surface area contributed by atoms with Gasteiger partial charge < -0.3 is 15.1 Å². The van der Waals surface area contributed by atoms with Gasteiger partial charge in [-0.25, -0.2) is 4.98 Å². The summed E-state index contributed by atoms with van der Waals surface area (Å²) in [4.78, 5) is 45.2. The Kier molecular flexibility index (Phi) is 7.44. The van der Waals surface area contributed by atoms with E-state index >= 15 is 0 Å². The Morgan fingerprint density at radius 3 is 2.50 bits per heavy atom. The molecule has 7 nitrogen and oxygen atoms in total. The van der Waals surface area contributed by atoms with E-state index in [-0.39, 0.29) is 36.7 Å². The average Bonchev–Trinajstić information content (AvgIpc) is 3.38. The molecule has 0 radical (unpaired) electrons. The van der Waals surface area contributed by atoms with Crippen molar-refractivity contribution in [3.05, 3.63) is 45.9 Å². The van der Waals surface area contributed by atoms with Crippen molar-refractivity contribution < 1.29 is 14.4 Å². The number of likely N-dealkylation sites (tertiary alicyclic amines) is 1. The van der Waals surface area contributed by atoms with Crippen LogP contribution in [0, 0.1) is 0 Å². The van der Waals surface area contributed by atoms with Crippen molar-refractivity contribution in [2.24, 2.45) is 0 Å². The summed E-state index contributed by atoms with van der Waals surface area (Å²) in [6, 6.07) is 6.41. The van der Waals surface area contributed by atoms with Gasteiger partial charge in [0.2, 0.25) is 11.8 Å². The molecule has 1 saturated heterocycles. The van der Waals surface area contributed by atoms with Gasteiger partial charge in [0, 0.05) is 35.1 Å². The summed E-state index contributed by atoms with van der Waals surface area (Å²) in [7, 11) is 0. The Balaban J connectivity index is 1.58. The lowest BCUT2D eigenvalue weighted by Crippen LogP contribution is -2.42. The molecule has 0 atom stereocenters. The second kappa shape index (κ2) is 10.0. The van der Waals surface area contributed by atoms with Gasteiger partial charge in [0.05, 0.1) is 12.1 Å². The number of aromatic nitrogens is 1. The molecule has 2 aromatic rings. The van der Waals surface area contributed by atoms with Crippen LogP contribution in [0.15, 0.2) is 29.6 Å². The third-order valence-corrected chi connectivity index (χ3v) is 5.94. The van der Waals surface area contributed by atoms with Crippen molar-refractivity contribution in [1.29, 1.82) is 0 Å². The summed E-state index contributed by atoms with van der Waals surface area (Å²) >= 11 is 7.16. The molecular weight excluding hydrogens is 424 g/mol. The maximum Gasteiger partial charge on any atom is 0.254 e. The van der Waals surface area contributed by atoms with Gasteiger partial charge >= 0.3 is 0 Å². The van der Waals surface area contributed by atoms with Crippen molar-refractivity contribution in [3.8, 4) is 0 Å². The Morgan fingerprint density at radius 1 is 1.20 bits per heavy atom. The van der Waals surface area contributed by atoms with Gasteiger partial charge in [-0.05, 0) is 51.0 Å². The molecule has 1 aromatic carbocycles. The minimum atomic E-state index is -0.335. The smallest absolute Gasteiger partial charge is 0.254 e. The molecule has 3 amide bonds. The Morgan fingerprint density at radius 2 is 1.87 bits per heavy atom. The number of hydrogen-bond acceptors (Lipinski definition) is 5. The van der Waals surface area contributed by atoms with E-state index in [2.05, 4.69) is 10.3 Å². The predicted octanol–water partition coefficient (Wildman–Crippen LogP) is 3.45. The van der Waals surface area contributed by atoms with E-state index in [0.29, 0.717) is 21.4 Å². The highest BCUT2D eigenvalue weighted by Crippen LogP contribution is 2.18. The van der Waals surface area contributed by atoms with Crippen molar-refractivity contribution in [2.75, 3.05) is 25.0 Å². The molecule has 1 aromatic heterocycles. The highest BCUT2D eigenvalue weighted by atomic mass is 35.5. The molecule has 3 rings (SSSR count). The quantitative estimate of drug-likeness (QED) is 0.703. The standard InChI is InChI=1S/C21H25ClN4O3S/c1-14(2)26(20(29)15-5-7-16(22)8-6-15)12-18(27)24-21-23-17(13-30-21)11-19(28)25-9-3-4-10-25/h5-8,13-14H,3-4,9-12H2,1-2H3,(H,23,24,27). The molecule has 0 saturated carbocycles. The second-order valence-corrected chi connectivity index (χ2v) is 8.79. The first-order valence-corrected chi connectivity index (χ1v) is 11.2. The third-order valence-electron chi connectivity index (χ3n) is 4.88. The zero-order valence-corrected chi connectivity index (χ0v) is 18.6. The molecule has 0 bridgehead atoms. The van der Waals surface area contributed by atoms with Crippen LogP contribution in [0.25, 0.3) is 0 Å². The van der Waals surface area contributed by atoms with Crippen LogP contribution < -0.4 is 5.32 Å². The normalized spacial score (nSPS) is 13.5. The first kappa shape index (κ1) is 22.2. The minimum absolute atomic E-state index is 0.0650. The molecule has 2 heterocycles. The van der Waals surface area contributed by atoms with Gasteiger partial charge in [-0.2, -0.15) is 0 Å². The maximum absolute atomic E-state index is 12.8. The number of carbonyl (C=O) groups is 3. The number of nitrogens with one attached hydrogen (secondary N) is 1. The van der Waals surface area contributed by atoms with Crippen LogP contribution in [0.1, 0.15) is 42.7 Å². The number of amides is 3. The molecule has 1 N–H and O–H groups in total. The summed E-state index contributed by atoms with van der Waals surface area (Å²) in [5.41, 5.74) is 1.11. The molecular formula is C21H25ClN4O3S. The topological polar surface area (TPSA) is 82.6 Å². The number of halogens is 1. The number of thiazole rings is 1. The fourth-order valence-corrected chi connectivity index (χ4v) is 4.09. The number of rotatable bonds is 7. The lowest BCUT2D eigenvalue weighted by molar-refractivity contribution is -0.129. The molecule has 0 spiro atoms. The van der Waals surface area contributed by atoms with E-state index in [1.807, 2.05) is 18.7 Å². The van der Waals surface area contributed by atoms with Crippen LogP contribution >= 0.6 is 22.9 Å². The molecule has 9 heteroatoms. The van der Waals surface area contributed by atoms with Crippen molar-refractivity contribution in [2.45, 2.75) is 39.2 Å². The van der Waals surface area contributed by atoms with E-state index in [0.717, 1.165) is 25.9 Å². The highest BCUT2D eigenvalue weighted by molar-refractivity contribution is 7.13. The average molecular weight is 449 g/mol. The van der Waals surface area contributed by atoms with Crippen LogP contribution in [0.4, 0.5) is 5.13 Å². The number of nitrogens with zero attached hydrogens (tertiary/aromatic N) is 3. The Bertz CT molecular complexity index is 907. The summed E-state index contributed by atoms with van der Waals surface area (Å²) < 4.78 is 0. The van der Waals surface area contributed by atoms with Crippen LogP contribution in [-0.4, -0.2) is 58.2 Å². The molecule has 0 unspecified atom stereocenters. The fraction of sp³-hybridized carbons (Fsp3) is 0.429. The Labute approximate surface area is 185 Å². The van der Waals surface area contributed by atoms with Gasteiger partial charge in [0.15, 0.2) is 5.13 Å². The van der Waals surface area contributed by atoms with Crippen molar-refractivity contribution >= 4 is 45.8 Å². The fourth-order valence-electron chi connectivity index (χ4n) is 3.24. The predicted molar refractivity (Wildman–Crippen MR) is 118 cm³/mol. The number of hydrogen-bond donors (Lipinski definition) is 1. The monoisotopic (exact) mass is 448 g/mol. The van der Waals surface area contributed by atoms with E-state index in [1.54, 1.807) is 29.6 Å². The zero-order valence-electron chi connectivity index (χ0n) is 17.1. The van der Waals surface area contributed by atoms with E-state index in [9.17, 15) is 14.4 Å². The van der Waals surface area contributed by atoms with Gasteiger partial charge in [-0.3, -0.25) is 14.4 Å². The van der Waals surface area contributed by atoms with Gasteiger partial charge in [0.25, 0.3) is 5.91 Å². The third kappa shape index (κ3) is 5.79. The number of anilines is 1. The summed E-state index contributed by atoms with van der Waals surface area (Å²) in [5, 5.41) is 5.48. The lowest BCUT2D eigenvalue weighted by Gasteiger charge is -2.26. The van der Waals surface area contributed by atoms with Crippen LogP contribution in [0.3, 0.4) is 0 Å². The van der Waals surface area contributed by atoms with Crippen molar-refractivity contribution in [3.63, 3.8) is 0 Å². The second-order valence-electron chi connectivity index (χ2n) is 7.49. The first-order valence-electron chi connectivity index (χ1n) is 9.92. The number of benzene rings is 1. The van der Waals surface area contributed by atoms with Gasteiger partial charge in [-0.1, -0.05) is 11.6 Å². The van der Waals surface area contributed by atoms with E-state index < -0.39 is 0 Å². The highest BCUT2D eigenvalue weighted by Gasteiger charge is 2.23. The SMILES string of the molecule is CC(C)N(CC(=O)Nc1nc(CC(=O)N2CCCC2)cs1)C(=O)c1ccc(Cl)cc1. The zero-order chi connectivity index (χ0) is 21.7. The largest absolute Gasteiger partial charge is 0.342 e. The lowest BCUT2D eigenvalue weighted by atomic mass is 10.1. The molecule has 0 aliphatic carbocycles. The summed E-state index contributed by atoms with van der Waals surface area (Å²) in [6.07, 6.45) is 2.33. The maximum atomic E-state index is 12.8. The molecule has 1 fully saturated rings. The van der Waals surface area contributed by atoms with Gasteiger partial charge in [0.1, 0.15) is 6.54 Å². The van der Waals surface area contributed by atoms with Gasteiger partial charge in [-0.15, -0.1) is 11.3 Å². The van der Waals surface area contributed by atoms with E-state index in [1.165, 1.54) is 16.2 Å². The molecule has 1 aliphatic rings. The minimum Gasteiger partial charge on any atom is -0.342 e. The van der Waals surface area contributed by atoms with Crippen LogP contribution in [0.5, 0.6) is 0 Å². The van der Waals surface area contributed by atoms with E-state index in [4.69, 9.17) is 11.6 Å². The number of carbonyl (C=O) groups excluding carboxylic acids is 3. The van der Waals surface area contributed by atoms with Crippen molar-refractivity contribution in [1.82, 2.24) is 14.8 Å². The summed E-state index contributed by atoms with van der Waals surface area (Å²) in [6.45, 7) is 5.22.